The first-order chi connectivity index (χ1) is 12.4. The maximum atomic E-state index is 2.29. The van der Waals surface area contributed by atoms with Crippen LogP contribution >= 0.6 is 0 Å². The highest BCUT2D eigenvalue weighted by Gasteiger charge is 2.09. The fourth-order valence-electron chi connectivity index (χ4n) is 3.86. The van der Waals surface area contributed by atoms with Gasteiger partial charge in [0.1, 0.15) is 0 Å². The van der Waals surface area contributed by atoms with Crippen molar-refractivity contribution in [3.63, 3.8) is 0 Å². The standard InChI is InChI=1S/C25H18/c1-2-6-18(7-3-1)8-4-9-19-12-13-22-15-14-20-10-5-11-21-16-17-23(19)25(22)24(20)21/h1-8,10-17H,9H2/b8-4+. The largest absolute Gasteiger partial charge is 0.0795 e. The van der Waals surface area contributed by atoms with Crippen molar-refractivity contribution in [2.45, 2.75) is 6.42 Å². The van der Waals surface area contributed by atoms with E-state index in [0.717, 1.165) is 6.42 Å². The van der Waals surface area contributed by atoms with Crippen molar-refractivity contribution in [1.82, 2.24) is 0 Å². The van der Waals surface area contributed by atoms with E-state index in [9.17, 15) is 0 Å². The summed E-state index contributed by atoms with van der Waals surface area (Å²) >= 11 is 0. The van der Waals surface area contributed by atoms with Crippen molar-refractivity contribution in [3.8, 4) is 0 Å². The molecule has 0 aliphatic rings. The highest BCUT2D eigenvalue weighted by molar-refractivity contribution is 6.23. The van der Waals surface area contributed by atoms with E-state index in [-0.39, 0.29) is 0 Å². The molecule has 0 aliphatic carbocycles. The Morgan fingerprint density at radius 2 is 1.24 bits per heavy atom. The Morgan fingerprint density at radius 3 is 2.04 bits per heavy atom. The van der Waals surface area contributed by atoms with E-state index in [2.05, 4.69) is 97.1 Å². The van der Waals surface area contributed by atoms with E-state index in [0.29, 0.717) is 0 Å². The minimum Gasteiger partial charge on any atom is -0.0795 e. The van der Waals surface area contributed by atoms with Crippen LogP contribution in [0.5, 0.6) is 0 Å². The first-order valence-corrected chi connectivity index (χ1v) is 8.77. The third kappa shape index (κ3) is 2.38. The van der Waals surface area contributed by atoms with E-state index in [1.807, 2.05) is 0 Å². The molecule has 0 nitrogen and oxygen atoms in total. The second-order valence-electron chi connectivity index (χ2n) is 6.60. The zero-order chi connectivity index (χ0) is 16.6. The minimum atomic E-state index is 0.947. The van der Waals surface area contributed by atoms with Crippen molar-refractivity contribution in [3.05, 3.63) is 102 Å². The molecule has 118 valence electrons. The van der Waals surface area contributed by atoms with Gasteiger partial charge in [-0.1, -0.05) is 97.1 Å². The van der Waals surface area contributed by atoms with Crippen LogP contribution in [0.3, 0.4) is 0 Å². The quantitative estimate of drug-likeness (QED) is 0.319. The van der Waals surface area contributed by atoms with Crippen molar-refractivity contribution in [2.24, 2.45) is 0 Å². The predicted octanol–water partition coefficient (Wildman–Crippen LogP) is 6.84. The van der Waals surface area contributed by atoms with Gasteiger partial charge in [-0.25, -0.2) is 0 Å². The molecule has 0 bridgehead atoms. The lowest BCUT2D eigenvalue weighted by atomic mass is 9.91. The molecule has 0 radical (unpaired) electrons. The average Bonchev–Trinajstić information content (AvgIpc) is 2.68. The molecule has 0 saturated carbocycles. The van der Waals surface area contributed by atoms with Crippen LogP contribution in [0.1, 0.15) is 11.1 Å². The SMILES string of the molecule is C(=C\c1ccccc1)/Cc1ccc2ccc3cccc4ccc1c2c34. The maximum absolute atomic E-state index is 2.29. The van der Waals surface area contributed by atoms with Crippen LogP contribution < -0.4 is 0 Å². The highest BCUT2D eigenvalue weighted by atomic mass is 14.1. The Balaban J connectivity index is 1.65. The van der Waals surface area contributed by atoms with Crippen molar-refractivity contribution >= 4 is 38.4 Å². The van der Waals surface area contributed by atoms with Gasteiger partial charge in [0.2, 0.25) is 0 Å². The molecule has 0 saturated heterocycles. The van der Waals surface area contributed by atoms with Crippen LogP contribution in [0.25, 0.3) is 38.4 Å². The molecule has 0 spiro atoms. The molecule has 0 fully saturated rings. The third-order valence-corrected chi connectivity index (χ3v) is 5.07. The maximum Gasteiger partial charge on any atom is -0.00239 e. The van der Waals surface area contributed by atoms with Gasteiger partial charge in [-0.15, -0.1) is 0 Å². The third-order valence-electron chi connectivity index (χ3n) is 5.07. The molecule has 5 aromatic carbocycles. The van der Waals surface area contributed by atoms with Crippen molar-refractivity contribution < 1.29 is 0 Å². The summed E-state index contributed by atoms with van der Waals surface area (Å²) in [5.41, 5.74) is 2.64. The zero-order valence-electron chi connectivity index (χ0n) is 13.9. The Hall–Kier alpha value is -3.12. The Kier molecular flexibility index (Phi) is 3.28. The van der Waals surface area contributed by atoms with Crippen LogP contribution in [-0.2, 0) is 6.42 Å². The molecule has 5 rings (SSSR count). The van der Waals surface area contributed by atoms with E-state index >= 15 is 0 Å². The summed E-state index contributed by atoms with van der Waals surface area (Å²) < 4.78 is 0. The summed E-state index contributed by atoms with van der Waals surface area (Å²) in [5, 5.41) is 8.15. The van der Waals surface area contributed by atoms with Crippen LogP contribution in [0.15, 0.2) is 91.0 Å². The zero-order valence-corrected chi connectivity index (χ0v) is 13.9. The van der Waals surface area contributed by atoms with E-state index < -0.39 is 0 Å². The van der Waals surface area contributed by atoms with Crippen LogP contribution in [0, 0.1) is 0 Å². The van der Waals surface area contributed by atoms with Gasteiger partial charge < -0.3 is 0 Å². The predicted molar refractivity (Wildman–Crippen MR) is 109 cm³/mol. The molecule has 0 atom stereocenters. The fourth-order valence-corrected chi connectivity index (χ4v) is 3.86. The highest BCUT2D eigenvalue weighted by Crippen LogP contribution is 2.36. The Morgan fingerprint density at radius 1 is 0.560 bits per heavy atom. The molecule has 0 amide bonds. The summed E-state index contributed by atoms with van der Waals surface area (Å²) in [5.74, 6) is 0. The number of hydrogen-bond donors (Lipinski definition) is 0. The molecule has 0 heteroatoms. The van der Waals surface area contributed by atoms with Gasteiger partial charge in [-0.3, -0.25) is 0 Å². The summed E-state index contributed by atoms with van der Waals surface area (Å²) in [6.45, 7) is 0. The minimum absolute atomic E-state index is 0.947. The van der Waals surface area contributed by atoms with Crippen LogP contribution in [0.2, 0.25) is 0 Å². The second kappa shape index (κ2) is 5.75. The molecule has 25 heavy (non-hydrogen) atoms. The first-order valence-electron chi connectivity index (χ1n) is 8.77. The van der Waals surface area contributed by atoms with Gasteiger partial charge in [0.25, 0.3) is 0 Å². The van der Waals surface area contributed by atoms with E-state index in [4.69, 9.17) is 0 Å². The smallest absolute Gasteiger partial charge is 0.00239 e. The van der Waals surface area contributed by atoms with Gasteiger partial charge in [0.15, 0.2) is 0 Å². The van der Waals surface area contributed by atoms with Gasteiger partial charge in [-0.2, -0.15) is 0 Å². The number of benzene rings is 5. The number of hydrogen-bond acceptors (Lipinski definition) is 0. The molecule has 0 N–H and O–H groups in total. The molecule has 0 unspecified atom stereocenters. The normalized spacial score (nSPS) is 12.0. The van der Waals surface area contributed by atoms with Gasteiger partial charge in [0.05, 0.1) is 0 Å². The molecular weight excluding hydrogens is 300 g/mol. The molecule has 0 heterocycles. The summed E-state index contributed by atoms with van der Waals surface area (Å²) in [7, 11) is 0. The van der Waals surface area contributed by atoms with E-state index in [1.54, 1.807) is 0 Å². The topological polar surface area (TPSA) is 0 Å². The monoisotopic (exact) mass is 318 g/mol. The van der Waals surface area contributed by atoms with Crippen LogP contribution in [0.4, 0.5) is 0 Å². The first kappa shape index (κ1) is 14.2. The second-order valence-corrected chi connectivity index (χ2v) is 6.60. The summed E-state index contributed by atoms with van der Waals surface area (Å²) in [6.07, 6.45) is 5.42. The molecule has 0 aliphatic heterocycles. The lowest BCUT2D eigenvalue weighted by molar-refractivity contribution is 1.31. The Labute approximate surface area is 147 Å². The van der Waals surface area contributed by atoms with Gasteiger partial charge >= 0.3 is 0 Å². The van der Waals surface area contributed by atoms with Crippen molar-refractivity contribution in [2.75, 3.05) is 0 Å². The molecule has 5 aromatic rings. The summed E-state index contributed by atoms with van der Waals surface area (Å²) in [4.78, 5) is 0. The van der Waals surface area contributed by atoms with Gasteiger partial charge in [0, 0.05) is 0 Å². The van der Waals surface area contributed by atoms with Crippen molar-refractivity contribution in [1.29, 1.82) is 0 Å². The van der Waals surface area contributed by atoms with Gasteiger partial charge in [-0.05, 0) is 49.9 Å². The lowest BCUT2D eigenvalue weighted by Crippen LogP contribution is -1.89. The summed E-state index contributed by atoms with van der Waals surface area (Å²) in [6, 6.07) is 30.6. The fraction of sp³-hybridized carbons (Fsp3) is 0.0400. The number of rotatable bonds is 3. The molecule has 0 aromatic heterocycles. The molecular formula is C25H18. The average molecular weight is 318 g/mol. The Bertz CT molecular complexity index is 1180. The van der Waals surface area contributed by atoms with E-state index in [1.165, 1.54) is 43.4 Å². The number of allylic oxidation sites excluding steroid dienone is 1. The lowest BCUT2D eigenvalue weighted by Gasteiger charge is -2.13. The van der Waals surface area contributed by atoms with Crippen LogP contribution in [-0.4, -0.2) is 0 Å².